The second-order valence-corrected chi connectivity index (χ2v) is 20.0. The molecule has 0 bridgehead atoms. The third-order valence-electron chi connectivity index (χ3n) is 13.8. The lowest BCUT2D eigenvalue weighted by Gasteiger charge is -2.53. The molecule has 2 N–H and O–H groups in total. The highest BCUT2D eigenvalue weighted by atomic mass is 33.1. The van der Waals surface area contributed by atoms with Crippen LogP contribution in [0.1, 0.15) is 72.1 Å². The minimum Gasteiger partial charge on any atom is -0.458 e. The summed E-state index contributed by atoms with van der Waals surface area (Å²) in [6, 6.07) is 0. The molecule has 5 heterocycles. The number of hydrogen-bond acceptors (Lipinski definition) is 15. The number of fused-ring (bicyclic) bond motifs is 4. The minimum atomic E-state index is -0.785. The van der Waals surface area contributed by atoms with Gasteiger partial charge in [-0.25, -0.2) is 9.59 Å². The Morgan fingerprint density at radius 3 is 2.19 bits per heavy atom. The van der Waals surface area contributed by atoms with Crippen LogP contribution in [0.15, 0.2) is 11.1 Å². The molecule has 10 atom stereocenters. The highest BCUT2D eigenvalue weighted by molar-refractivity contribution is 8.77. The van der Waals surface area contributed by atoms with Crippen molar-refractivity contribution in [3.8, 4) is 0 Å². The molecule has 17 heteroatoms. The van der Waals surface area contributed by atoms with Crippen molar-refractivity contribution in [1.29, 1.82) is 0 Å². The van der Waals surface area contributed by atoms with E-state index in [1.807, 2.05) is 21.6 Å². The van der Waals surface area contributed by atoms with Crippen LogP contribution in [0.5, 0.6) is 0 Å². The van der Waals surface area contributed by atoms with Gasteiger partial charge >= 0.3 is 12.1 Å². The Kier molecular flexibility index (Phi) is 13.6. The van der Waals surface area contributed by atoms with Gasteiger partial charge in [0.1, 0.15) is 30.0 Å². The number of esters is 1. The number of amides is 2. The second kappa shape index (κ2) is 18.4. The van der Waals surface area contributed by atoms with E-state index in [4.69, 9.17) is 47.4 Å². The Hall–Kier alpha value is -1.67. The summed E-state index contributed by atoms with van der Waals surface area (Å²) in [7, 11) is 3.96. The molecule has 0 aromatic rings. The number of alkyl carbamates (subject to hydrolysis) is 1. The van der Waals surface area contributed by atoms with Crippen molar-refractivity contribution in [1.82, 2.24) is 10.6 Å². The molecule has 0 radical (unpaired) electrons. The van der Waals surface area contributed by atoms with E-state index < -0.39 is 29.0 Å². The third-order valence-corrected chi connectivity index (χ3v) is 16.8. The van der Waals surface area contributed by atoms with E-state index in [0.29, 0.717) is 92.1 Å². The van der Waals surface area contributed by atoms with E-state index in [1.54, 1.807) is 0 Å². The van der Waals surface area contributed by atoms with E-state index in [0.717, 1.165) is 42.1 Å². The van der Waals surface area contributed by atoms with Gasteiger partial charge in [0, 0.05) is 41.5 Å². The third kappa shape index (κ3) is 8.08. The van der Waals surface area contributed by atoms with Crippen molar-refractivity contribution < 1.29 is 61.8 Å². The zero-order valence-corrected chi connectivity index (χ0v) is 35.9. The van der Waals surface area contributed by atoms with E-state index >= 15 is 0 Å². The van der Waals surface area contributed by atoms with Crippen LogP contribution >= 0.6 is 21.6 Å². The van der Waals surface area contributed by atoms with Crippen LogP contribution in [-0.4, -0.2) is 156 Å². The maximum Gasteiger partial charge on any atom is 0.407 e. The number of epoxide rings is 3. The highest BCUT2D eigenvalue weighted by Gasteiger charge is 3.01. The summed E-state index contributed by atoms with van der Waals surface area (Å²) >= 11 is 0. The lowest BCUT2D eigenvalue weighted by Crippen LogP contribution is -2.70. The summed E-state index contributed by atoms with van der Waals surface area (Å²) in [4.78, 5) is 37.7. The average Bonchev–Trinajstić information content (AvgIpc) is 4.15. The van der Waals surface area contributed by atoms with E-state index in [9.17, 15) is 14.4 Å². The zero-order chi connectivity index (χ0) is 40.4. The summed E-state index contributed by atoms with van der Waals surface area (Å²) in [5.41, 5.74) is -0.470. The van der Waals surface area contributed by atoms with Crippen LogP contribution < -0.4 is 10.6 Å². The summed E-state index contributed by atoms with van der Waals surface area (Å²) in [6.07, 6.45) is 5.70. The normalized spacial score (nSPS) is 37.2. The molecule has 326 valence electrons. The molecule has 15 nitrogen and oxygen atoms in total. The molecule has 0 aromatic heterocycles. The number of ether oxygens (including phenoxy) is 10. The fourth-order valence-corrected chi connectivity index (χ4v) is 13.8. The maximum atomic E-state index is 13.3. The van der Waals surface area contributed by atoms with E-state index in [1.165, 1.54) is 18.6 Å². The van der Waals surface area contributed by atoms with Crippen LogP contribution in [-0.2, 0) is 57.0 Å². The van der Waals surface area contributed by atoms with E-state index in [-0.39, 0.29) is 54.0 Å². The van der Waals surface area contributed by atoms with Crippen LogP contribution in [0, 0.1) is 17.3 Å². The molecule has 58 heavy (non-hydrogen) atoms. The van der Waals surface area contributed by atoms with Gasteiger partial charge in [-0.2, -0.15) is 0 Å². The highest BCUT2D eigenvalue weighted by Crippen LogP contribution is 2.83. The van der Waals surface area contributed by atoms with Crippen LogP contribution in [0.4, 0.5) is 4.79 Å². The molecule has 0 aromatic carbocycles. The molecule has 6 fully saturated rings. The molecular weight excluding hydrogens is 793 g/mol. The molecule has 2 spiro atoms. The van der Waals surface area contributed by atoms with Crippen LogP contribution in [0.25, 0.3) is 0 Å². The van der Waals surface area contributed by atoms with Gasteiger partial charge in [-0.1, -0.05) is 48.8 Å². The SMILES string of the molecule is CC(C)[C@]12O[C@H]1[C@@H]1O[C@]13[C@]1(O[C@H]1C[C@H]1C4=C(CC[C@@]13C)C(=O)OC4)[C@@H]2OC(=O)NCCOCCOCCOCCOCCOCCNC(=O)CCCCC1CCSS1. The first-order valence-electron chi connectivity index (χ1n) is 21.5. The van der Waals surface area contributed by atoms with Gasteiger partial charge in [-0.15, -0.1) is 0 Å². The fourth-order valence-electron chi connectivity index (χ4n) is 10.8. The second-order valence-electron chi connectivity index (χ2n) is 17.2. The summed E-state index contributed by atoms with van der Waals surface area (Å²) < 4.78 is 59.6. The van der Waals surface area contributed by atoms with Crippen molar-refractivity contribution in [2.24, 2.45) is 17.3 Å². The molecule has 4 saturated heterocycles. The van der Waals surface area contributed by atoms with E-state index in [2.05, 4.69) is 31.4 Å². The number of rotatable bonds is 25. The van der Waals surface area contributed by atoms with Crippen LogP contribution in [0.3, 0.4) is 0 Å². The molecule has 2 amide bonds. The lowest BCUT2D eigenvalue weighted by atomic mass is 9.46. The van der Waals surface area contributed by atoms with Gasteiger partial charge in [0.25, 0.3) is 0 Å². The zero-order valence-electron chi connectivity index (χ0n) is 34.2. The minimum absolute atomic E-state index is 0.0817. The van der Waals surface area contributed by atoms with Gasteiger partial charge in [0.15, 0.2) is 11.7 Å². The standard InChI is InChI=1S/C41H62N2O13S2/c1-26(2)39-33(55-39)34-41(56-34)38(3)10-8-28-29(25-52-35(28)45)30(38)24-31-40(41,54-31)36(39)53-37(46)43-12-14-48-16-18-50-20-22-51-21-19-49-17-15-47-13-11-42-32(44)7-5-4-6-27-9-23-57-58-27/h26-27,30-31,33-34,36H,4-25H2,1-3H3,(H,42,44)(H,43,46)/t27?,30-,31-,33-,34-,36+,38-,39-,40+,41+/m0/s1. The van der Waals surface area contributed by atoms with Crippen LogP contribution in [0.2, 0.25) is 0 Å². The Bertz CT molecular complexity index is 1530. The number of nitrogens with one attached hydrogen (secondary N) is 2. The number of hydrogen-bond donors (Lipinski definition) is 2. The molecule has 1 unspecified atom stereocenters. The largest absolute Gasteiger partial charge is 0.458 e. The Balaban J connectivity index is 0.638. The monoisotopic (exact) mass is 854 g/mol. The predicted molar refractivity (Wildman–Crippen MR) is 213 cm³/mol. The van der Waals surface area contributed by atoms with Crippen molar-refractivity contribution in [3.05, 3.63) is 11.1 Å². The average molecular weight is 855 g/mol. The Morgan fingerprint density at radius 1 is 0.862 bits per heavy atom. The van der Waals surface area contributed by atoms with Crippen molar-refractivity contribution in [2.45, 2.75) is 119 Å². The fraction of sp³-hybridized carbons (Fsp3) is 0.878. The molecule has 2 saturated carbocycles. The number of carbonyl (C=O) groups excluding carboxylic acids is 3. The Morgan fingerprint density at radius 2 is 1.53 bits per heavy atom. The number of unbranched alkanes of at least 4 members (excludes halogenated alkanes) is 1. The molecule has 8 rings (SSSR count). The first-order valence-corrected chi connectivity index (χ1v) is 23.9. The van der Waals surface area contributed by atoms with Crippen molar-refractivity contribution in [3.63, 3.8) is 0 Å². The summed E-state index contributed by atoms with van der Waals surface area (Å²) in [6.45, 7) is 11.9. The molecule has 5 aliphatic heterocycles. The maximum absolute atomic E-state index is 13.3. The number of carbonyl (C=O) groups is 3. The van der Waals surface area contributed by atoms with Gasteiger partial charge in [-0.05, 0) is 55.9 Å². The first kappa shape index (κ1) is 43.0. The summed E-state index contributed by atoms with van der Waals surface area (Å²) in [5.74, 6) is 1.36. The van der Waals surface area contributed by atoms with Gasteiger partial charge < -0.3 is 58.0 Å². The van der Waals surface area contributed by atoms with Crippen molar-refractivity contribution >= 4 is 39.6 Å². The predicted octanol–water partition coefficient (Wildman–Crippen LogP) is 3.75. The lowest BCUT2D eigenvalue weighted by molar-refractivity contribution is -0.136. The van der Waals surface area contributed by atoms with Gasteiger partial charge in [0.05, 0.1) is 72.2 Å². The van der Waals surface area contributed by atoms with Crippen molar-refractivity contribution in [2.75, 3.05) is 91.5 Å². The first-order chi connectivity index (χ1) is 28.2. The van der Waals surface area contributed by atoms with Gasteiger partial charge in [-0.3, -0.25) is 4.79 Å². The summed E-state index contributed by atoms with van der Waals surface area (Å²) in [5, 5.41) is 6.55. The topological polar surface area (TPSA) is 177 Å². The molecule has 8 aliphatic rings. The quantitative estimate of drug-likeness (QED) is 0.0587. The Labute approximate surface area is 349 Å². The molecule has 3 aliphatic carbocycles. The van der Waals surface area contributed by atoms with Gasteiger partial charge in [0.2, 0.25) is 5.91 Å². The smallest absolute Gasteiger partial charge is 0.407 e. The molecular formula is C41H62N2O13S2. The number of cyclic esters (lactones) is 1.